The average molecular weight is 189 g/mol. The molecular formula is C13H19N. The lowest BCUT2D eigenvalue weighted by molar-refractivity contribution is 0.349. The Morgan fingerprint density at radius 3 is 2.07 bits per heavy atom. The molecule has 0 aromatic heterocycles. The maximum atomic E-state index is 3.72. The fraction of sp³-hybridized carbons (Fsp3) is 0.538. The lowest BCUT2D eigenvalue weighted by Gasteiger charge is -2.29. The molecule has 1 heteroatoms. The molecule has 1 N–H and O–H groups in total. The maximum Gasteiger partial charge on any atom is 0.0440 e. The molecule has 1 aromatic carbocycles. The van der Waals surface area contributed by atoms with Crippen molar-refractivity contribution in [3.8, 4) is 0 Å². The van der Waals surface area contributed by atoms with Crippen LogP contribution in [-0.4, -0.2) is 5.54 Å². The molecule has 1 aliphatic carbocycles. The smallest absolute Gasteiger partial charge is 0.0440 e. The fourth-order valence-corrected chi connectivity index (χ4v) is 2.09. The van der Waals surface area contributed by atoms with Gasteiger partial charge in [0, 0.05) is 11.1 Å². The second-order valence-corrected chi connectivity index (χ2v) is 5.32. The zero-order valence-electron chi connectivity index (χ0n) is 9.30. The van der Waals surface area contributed by atoms with Crippen molar-refractivity contribution in [3.63, 3.8) is 0 Å². The van der Waals surface area contributed by atoms with Gasteiger partial charge in [-0.1, -0.05) is 30.3 Å². The topological polar surface area (TPSA) is 12.0 Å². The first-order valence-corrected chi connectivity index (χ1v) is 5.37. The van der Waals surface area contributed by atoms with E-state index in [9.17, 15) is 0 Å². The highest BCUT2D eigenvalue weighted by molar-refractivity contribution is 5.30. The number of benzene rings is 1. The van der Waals surface area contributed by atoms with Crippen LogP contribution in [0.5, 0.6) is 0 Å². The van der Waals surface area contributed by atoms with Crippen LogP contribution < -0.4 is 5.32 Å². The Morgan fingerprint density at radius 2 is 1.64 bits per heavy atom. The van der Waals surface area contributed by atoms with Crippen LogP contribution in [0.4, 0.5) is 0 Å². The normalized spacial score (nSPS) is 19.4. The highest BCUT2D eigenvalue weighted by Gasteiger charge is 2.45. The van der Waals surface area contributed by atoms with Gasteiger partial charge in [0.25, 0.3) is 0 Å². The van der Waals surface area contributed by atoms with Gasteiger partial charge in [-0.2, -0.15) is 0 Å². The second kappa shape index (κ2) is 3.09. The van der Waals surface area contributed by atoms with Crippen molar-refractivity contribution in [3.05, 3.63) is 35.9 Å². The molecule has 1 aliphatic rings. The Balaban J connectivity index is 2.18. The van der Waals surface area contributed by atoms with E-state index in [4.69, 9.17) is 0 Å². The minimum atomic E-state index is 0.201. The van der Waals surface area contributed by atoms with Crippen LogP contribution in [0.3, 0.4) is 0 Å². The molecule has 0 bridgehead atoms. The summed E-state index contributed by atoms with van der Waals surface area (Å²) in [5.74, 6) is 0. The summed E-state index contributed by atoms with van der Waals surface area (Å²) in [5, 5.41) is 3.72. The standard InChI is InChI=1S/C13H19N/c1-12(2,3)14-13(9-10-13)11-7-5-4-6-8-11/h4-8,14H,9-10H2,1-3H3. The zero-order chi connectivity index (χ0) is 10.2. The number of rotatable bonds is 2. The van der Waals surface area contributed by atoms with Gasteiger partial charge in [-0.3, -0.25) is 0 Å². The Hall–Kier alpha value is -0.820. The first-order chi connectivity index (χ1) is 6.52. The average Bonchev–Trinajstić information content (AvgIpc) is 2.85. The molecular weight excluding hydrogens is 170 g/mol. The Morgan fingerprint density at radius 1 is 1.07 bits per heavy atom. The summed E-state index contributed by atoms with van der Waals surface area (Å²) in [4.78, 5) is 0. The molecule has 0 amide bonds. The molecule has 2 rings (SSSR count). The maximum absolute atomic E-state index is 3.72. The van der Waals surface area contributed by atoms with Crippen LogP contribution in [-0.2, 0) is 5.54 Å². The van der Waals surface area contributed by atoms with Crippen molar-refractivity contribution in [1.82, 2.24) is 5.32 Å². The SMILES string of the molecule is CC(C)(C)NC1(c2ccccc2)CC1. The van der Waals surface area contributed by atoms with Crippen LogP contribution in [0.25, 0.3) is 0 Å². The van der Waals surface area contributed by atoms with Crippen LogP contribution in [0.2, 0.25) is 0 Å². The van der Waals surface area contributed by atoms with Gasteiger partial charge in [0.15, 0.2) is 0 Å². The first kappa shape index (κ1) is 9.72. The fourth-order valence-electron chi connectivity index (χ4n) is 2.09. The van der Waals surface area contributed by atoms with E-state index in [0.717, 1.165) is 0 Å². The number of nitrogens with one attached hydrogen (secondary N) is 1. The Bertz CT molecular complexity index is 304. The molecule has 14 heavy (non-hydrogen) atoms. The monoisotopic (exact) mass is 189 g/mol. The third-order valence-electron chi connectivity index (χ3n) is 2.69. The molecule has 1 saturated carbocycles. The minimum Gasteiger partial charge on any atom is -0.303 e. The van der Waals surface area contributed by atoms with E-state index < -0.39 is 0 Å². The summed E-state index contributed by atoms with van der Waals surface area (Å²) < 4.78 is 0. The van der Waals surface area contributed by atoms with Crippen LogP contribution in [0, 0.1) is 0 Å². The third-order valence-corrected chi connectivity index (χ3v) is 2.69. The van der Waals surface area contributed by atoms with Gasteiger partial charge in [0.05, 0.1) is 0 Å². The minimum absolute atomic E-state index is 0.201. The molecule has 0 atom stereocenters. The molecule has 1 fully saturated rings. The molecule has 0 unspecified atom stereocenters. The highest BCUT2D eigenvalue weighted by atomic mass is 15.1. The molecule has 0 saturated heterocycles. The predicted molar refractivity (Wildman–Crippen MR) is 60.2 cm³/mol. The lowest BCUT2D eigenvalue weighted by atomic mass is 10.00. The van der Waals surface area contributed by atoms with Gasteiger partial charge in [0.2, 0.25) is 0 Å². The summed E-state index contributed by atoms with van der Waals surface area (Å²) in [7, 11) is 0. The van der Waals surface area contributed by atoms with E-state index in [1.54, 1.807) is 0 Å². The van der Waals surface area contributed by atoms with E-state index >= 15 is 0 Å². The van der Waals surface area contributed by atoms with Crippen LogP contribution in [0.1, 0.15) is 39.2 Å². The first-order valence-electron chi connectivity index (χ1n) is 5.37. The third kappa shape index (κ3) is 1.98. The van der Waals surface area contributed by atoms with Gasteiger partial charge in [-0.25, -0.2) is 0 Å². The summed E-state index contributed by atoms with van der Waals surface area (Å²) in [5.41, 5.74) is 1.92. The number of hydrogen-bond donors (Lipinski definition) is 1. The van der Waals surface area contributed by atoms with Crippen molar-refractivity contribution in [2.24, 2.45) is 0 Å². The molecule has 0 spiro atoms. The van der Waals surface area contributed by atoms with Crippen molar-refractivity contribution in [1.29, 1.82) is 0 Å². The van der Waals surface area contributed by atoms with Gasteiger partial charge in [0.1, 0.15) is 0 Å². The molecule has 0 radical (unpaired) electrons. The highest BCUT2D eigenvalue weighted by Crippen LogP contribution is 2.46. The second-order valence-electron chi connectivity index (χ2n) is 5.32. The summed E-state index contributed by atoms with van der Waals surface area (Å²) in [6.45, 7) is 6.70. The summed E-state index contributed by atoms with van der Waals surface area (Å²) in [6, 6.07) is 10.8. The van der Waals surface area contributed by atoms with Crippen molar-refractivity contribution >= 4 is 0 Å². The quantitative estimate of drug-likeness (QED) is 0.754. The van der Waals surface area contributed by atoms with Crippen LogP contribution in [0.15, 0.2) is 30.3 Å². The molecule has 1 nitrogen and oxygen atoms in total. The van der Waals surface area contributed by atoms with Gasteiger partial charge in [-0.05, 0) is 39.2 Å². The van der Waals surface area contributed by atoms with Gasteiger partial charge >= 0.3 is 0 Å². The molecule has 76 valence electrons. The van der Waals surface area contributed by atoms with E-state index in [1.807, 2.05) is 0 Å². The number of hydrogen-bond acceptors (Lipinski definition) is 1. The van der Waals surface area contributed by atoms with Gasteiger partial charge < -0.3 is 5.32 Å². The largest absolute Gasteiger partial charge is 0.303 e. The van der Waals surface area contributed by atoms with E-state index in [-0.39, 0.29) is 11.1 Å². The van der Waals surface area contributed by atoms with E-state index in [1.165, 1.54) is 18.4 Å². The predicted octanol–water partition coefficient (Wildman–Crippen LogP) is 3.06. The summed E-state index contributed by atoms with van der Waals surface area (Å²) >= 11 is 0. The van der Waals surface area contributed by atoms with E-state index in [2.05, 4.69) is 56.4 Å². The lowest BCUT2D eigenvalue weighted by Crippen LogP contribution is -2.43. The Kier molecular flexibility index (Phi) is 2.15. The van der Waals surface area contributed by atoms with Crippen molar-refractivity contribution in [2.75, 3.05) is 0 Å². The Labute approximate surface area is 86.5 Å². The molecule has 0 aliphatic heterocycles. The van der Waals surface area contributed by atoms with Gasteiger partial charge in [-0.15, -0.1) is 0 Å². The summed E-state index contributed by atoms with van der Waals surface area (Å²) in [6.07, 6.45) is 2.54. The zero-order valence-corrected chi connectivity index (χ0v) is 9.30. The van der Waals surface area contributed by atoms with Crippen LogP contribution >= 0.6 is 0 Å². The van der Waals surface area contributed by atoms with E-state index in [0.29, 0.717) is 0 Å². The molecule has 1 aromatic rings. The molecule has 0 heterocycles. The van der Waals surface area contributed by atoms with Crippen molar-refractivity contribution < 1.29 is 0 Å². The van der Waals surface area contributed by atoms with Crippen molar-refractivity contribution in [2.45, 2.75) is 44.7 Å².